The lowest BCUT2D eigenvalue weighted by Crippen LogP contribution is -1.93. The smallest absolute Gasteiger partial charge is 0.303 e. The maximum atomic E-state index is 10.4. The molecule has 0 saturated carbocycles. The predicted molar refractivity (Wildman–Crippen MR) is 115 cm³/mol. The summed E-state index contributed by atoms with van der Waals surface area (Å²) in [4.78, 5) is 10.4. The topological polar surface area (TPSA) is 37.3 Å². The molecule has 0 aliphatic carbocycles. The van der Waals surface area contributed by atoms with Gasteiger partial charge in [-0.3, -0.25) is 4.79 Å². The van der Waals surface area contributed by atoms with Crippen molar-refractivity contribution >= 4 is 5.97 Å². The van der Waals surface area contributed by atoms with Gasteiger partial charge >= 0.3 is 5.97 Å². The van der Waals surface area contributed by atoms with Crippen LogP contribution in [0.2, 0.25) is 0 Å². The lowest BCUT2D eigenvalue weighted by atomic mass is 10.0. The Kier molecular flexibility index (Phi) is 20.6. The van der Waals surface area contributed by atoms with E-state index in [2.05, 4.69) is 43.4 Å². The van der Waals surface area contributed by atoms with Crippen molar-refractivity contribution in [2.75, 3.05) is 0 Å². The fraction of sp³-hybridized carbons (Fsp3) is 0.708. The first-order valence-electron chi connectivity index (χ1n) is 10.9. The number of carbonyl (C=O) groups is 1. The van der Waals surface area contributed by atoms with E-state index in [9.17, 15) is 4.79 Å². The zero-order valence-electron chi connectivity index (χ0n) is 17.1. The molecule has 0 aromatic rings. The number of unbranched alkanes of at least 4 members (excludes halogenated alkanes) is 11. The highest BCUT2D eigenvalue weighted by Crippen LogP contribution is 2.12. The number of hydrogen-bond acceptors (Lipinski definition) is 1. The van der Waals surface area contributed by atoms with Crippen LogP contribution in [0.3, 0.4) is 0 Å². The summed E-state index contributed by atoms with van der Waals surface area (Å²) in [6.45, 7) is 2.17. The molecule has 0 rings (SSSR count). The molecule has 0 spiro atoms. The molecule has 2 heteroatoms. The van der Waals surface area contributed by atoms with Gasteiger partial charge in [0.15, 0.2) is 0 Å². The summed E-state index contributed by atoms with van der Waals surface area (Å²) in [5.74, 6) is -0.659. The van der Waals surface area contributed by atoms with E-state index in [1.54, 1.807) is 0 Å². The molecule has 0 aliphatic rings. The first-order chi connectivity index (χ1) is 12.8. The molecule has 0 atom stereocenters. The third-order valence-corrected chi connectivity index (χ3v) is 4.54. The quantitative estimate of drug-likeness (QED) is 0.187. The summed E-state index contributed by atoms with van der Waals surface area (Å²) in [5, 5.41) is 8.56. The van der Waals surface area contributed by atoms with Crippen molar-refractivity contribution < 1.29 is 9.90 Å². The largest absolute Gasteiger partial charge is 0.481 e. The van der Waals surface area contributed by atoms with Gasteiger partial charge in [-0.1, -0.05) is 101 Å². The molecule has 0 radical (unpaired) electrons. The normalized spacial score (nSPS) is 12.0. The van der Waals surface area contributed by atoms with Gasteiger partial charge in [-0.05, 0) is 38.5 Å². The van der Waals surface area contributed by atoms with Crippen molar-refractivity contribution in [3.63, 3.8) is 0 Å². The summed E-state index contributed by atoms with van der Waals surface area (Å²) in [6.07, 6.45) is 32.2. The van der Waals surface area contributed by atoms with E-state index in [4.69, 9.17) is 5.11 Å². The molecule has 0 unspecified atom stereocenters. The van der Waals surface area contributed by atoms with Crippen LogP contribution in [-0.4, -0.2) is 11.1 Å². The number of carboxylic acids is 1. The van der Waals surface area contributed by atoms with E-state index in [1.807, 2.05) is 0 Å². The Hall–Kier alpha value is -1.31. The van der Waals surface area contributed by atoms with Crippen LogP contribution < -0.4 is 0 Å². The summed E-state index contributed by atoms with van der Waals surface area (Å²) in [7, 11) is 0. The maximum absolute atomic E-state index is 10.4. The molecule has 0 amide bonds. The molecule has 0 bridgehead atoms. The van der Waals surface area contributed by atoms with E-state index in [1.165, 1.54) is 64.2 Å². The summed E-state index contributed by atoms with van der Waals surface area (Å²) >= 11 is 0. The van der Waals surface area contributed by atoms with Gasteiger partial charge in [0, 0.05) is 6.42 Å². The number of aliphatic carboxylic acids is 1. The van der Waals surface area contributed by atoms with Gasteiger partial charge in [-0.25, -0.2) is 0 Å². The van der Waals surface area contributed by atoms with Crippen molar-refractivity contribution in [3.8, 4) is 0 Å². The molecule has 150 valence electrons. The second-order valence-corrected chi connectivity index (χ2v) is 7.12. The van der Waals surface area contributed by atoms with Crippen LogP contribution in [0.25, 0.3) is 0 Å². The summed E-state index contributed by atoms with van der Waals surface area (Å²) < 4.78 is 0. The van der Waals surface area contributed by atoms with E-state index in [0.29, 0.717) is 6.42 Å². The number of hydrogen-bond donors (Lipinski definition) is 1. The third-order valence-electron chi connectivity index (χ3n) is 4.54. The minimum Gasteiger partial charge on any atom is -0.481 e. The Morgan fingerprint density at radius 2 is 1.04 bits per heavy atom. The zero-order chi connectivity index (χ0) is 19.1. The minimum absolute atomic E-state index is 0.336. The van der Waals surface area contributed by atoms with Gasteiger partial charge in [-0.15, -0.1) is 0 Å². The highest BCUT2D eigenvalue weighted by molar-refractivity contribution is 5.66. The maximum Gasteiger partial charge on any atom is 0.303 e. The van der Waals surface area contributed by atoms with Crippen LogP contribution in [0, 0.1) is 0 Å². The predicted octanol–water partition coefficient (Wildman–Crippen LogP) is 8.00. The Morgan fingerprint density at radius 1 is 0.615 bits per heavy atom. The fourth-order valence-electron chi connectivity index (χ4n) is 2.96. The molecule has 0 aliphatic heterocycles. The van der Waals surface area contributed by atoms with Gasteiger partial charge in [0.2, 0.25) is 0 Å². The Morgan fingerprint density at radius 3 is 1.54 bits per heavy atom. The van der Waals surface area contributed by atoms with Crippen molar-refractivity contribution in [3.05, 3.63) is 36.5 Å². The number of carboxylic acid groups (broad SMARTS) is 1. The van der Waals surface area contributed by atoms with Crippen LogP contribution >= 0.6 is 0 Å². The molecule has 2 nitrogen and oxygen atoms in total. The molecule has 0 saturated heterocycles. The second kappa shape index (κ2) is 21.7. The van der Waals surface area contributed by atoms with Gasteiger partial charge in [0.25, 0.3) is 0 Å². The SMILES string of the molecule is CC/C=C\C/C=C\C/C=C\CCCCCCCCCCCCCC(=O)O. The second-order valence-electron chi connectivity index (χ2n) is 7.12. The van der Waals surface area contributed by atoms with Gasteiger partial charge in [0.1, 0.15) is 0 Å². The molecule has 0 fully saturated rings. The molecular weight excluding hydrogens is 320 g/mol. The van der Waals surface area contributed by atoms with Gasteiger partial charge < -0.3 is 5.11 Å². The van der Waals surface area contributed by atoms with Gasteiger partial charge in [-0.2, -0.15) is 0 Å². The minimum atomic E-state index is -0.659. The van der Waals surface area contributed by atoms with Crippen molar-refractivity contribution in [2.45, 2.75) is 110 Å². The average molecular weight is 363 g/mol. The van der Waals surface area contributed by atoms with Crippen molar-refractivity contribution in [2.24, 2.45) is 0 Å². The number of rotatable bonds is 19. The molecule has 26 heavy (non-hydrogen) atoms. The van der Waals surface area contributed by atoms with Crippen LogP contribution in [0.15, 0.2) is 36.5 Å². The molecular formula is C24H42O2. The Bertz CT molecular complexity index is 380. The van der Waals surface area contributed by atoms with E-state index in [-0.39, 0.29) is 0 Å². The first-order valence-corrected chi connectivity index (χ1v) is 10.9. The molecule has 0 aromatic carbocycles. The average Bonchev–Trinajstić information content (AvgIpc) is 2.62. The summed E-state index contributed by atoms with van der Waals surface area (Å²) in [6, 6.07) is 0. The highest BCUT2D eigenvalue weighted by atomic mass is 16.4. The summed E-state index contributed by atoms with van der Waals surface area (Å²) in [5.41, 5.74) is 0. The van der Waals surface area contributed by atoms with Crippen LogP contribution in [0.5, 0.6) is 0 Å². The monoisotopic (exact) mass is 362 g/mol. The van der Waals surface area contributed by atoms with Crippen molar-refractivity contribution in [1.29, 1.82) is 0 Å². The zero-order valence-corrected chi connectivity index (χ0v) is 17.1. The number of allylic oxidation sites excluding steroid dienone is 6. The molecule has 0 heterocycles. The van der Waals surface area contributed by atoms with Crippen LogP contribution in [0.1, 0.15) is 110 Å². The third kappa shape index (κ3) is 22.7. The Balaban J connectivity index is 3.16. The van der Waals surface area contributed by atoms with E-state index in [0.717, 1.165) is 32.1 Å². The van der Waals surface area contributed by atoms with Crippen LogP contribution in [-0.2, 0) is 4.79 Å². The van der Waals surface area contributed by atoms with E-state index >= 15 is 0 Å². The Labute approximate surface area is 162 Å². The highest BCUT2D eigenvalue weighted by Gasteiger charge is 1.96. The lowest BCUT2D eigenvalue weighted by Gasteiger charge is -2.02. The fourth-order valence-corrected chi connectivity index (χ4v) is 2.96. The van der Waals surface area contributed by atoms with E-state index < -0.39 is 5.97 Å². The first kappa shape index (κ1) is 24.7. The van der Waals surface area contributed by atoms with Crippen LogP contribution in [0.4, 0.5) is 0 Å². The standard InChI is InChI=1S/C24H42O2/c1-2-3-4-5-6-7-8-9-10-11-12-13-14-15-16-17-18-19-20-21-22-23-24(25)26/h3-4,6-7,9-10H,2,5,8,11-23H2,1H3,(H,25,26)/b4-3-,7-6-,10-9-. The molecule has 0 aromatic heterocycles. The molecule has 1 N–H and O–H groups in total. The van der Waals surface area contributed by atoms with Crippen molar-refractivity contribution in [1.82, 2.24) is 0 Å². The van der Waals surface area contributed by atoms with Gasteiger partial charge in [0.05, 0.1) is 0 Å². The lowest BCUT2D eigenvalue weighted by molar-refractivity contribution is -0.137.